The van der Waals surface area contributed by atoms with Crippen molar-refractivity contribution in [3.8, 4) is 0 Å². The third-order valence-corrected chi connectivity index (χ3v) is 2.36. The Labute approximate surface area is 83.5 Å². The molecule has 65 valence electrons. The first-order chi connectivity index (χ1) is 6.42. The molecule has 1 aromatic carbocycles. The smallest absolute Gasteiger partial charge is 0.0404 e. The summed E-state index contributed by atoms with van der Waals surface area (Å²) in [6, 6.07) is 9.30. The van der Waals surface area contributed by atoms with Crippen molar-refractivity contribution < 1.29 is 0 Å². The van der Waals surface area contributed by atoms with Crippen molar-refractivity contribution in [1.82, 2.24) is 0 Å². The molecule has 1 atom stereocenters. The Kier molecular flexibility index (Phi) is 2.51. The summed E-state index contributed by atoms with van der Waals surface area (Å²) in [6.45, 7) is 0. The minimum Gasteiger partial charge on any atom is -0.122 e. The van der Waals surface area contributed by atoms with Gasteiger partial charge < -0.3 is 0 Å². The number of alkyl halides is 1. The van der Waals surface area contributed by atoms with E-state index in [1.165, 1.54) is 11.1 Å². The monoisotopic (exact) mass is 189 g/mol. The highest BCUT2D eigenvalue weighted by atomic mass is 35.5. The van der Waals surface area contributed by atoms with Gasteiger partial charge >= 0.3 is 0 Å². The Bertz CT molecular complexity index is 350. The zero-order chi connectivity index (χ0) is 9.10. The summed E-state index contributed by atoms with van der Waals surface area (Å²) in [6.07, 6.45) is 8.39. The van der Waals surface area contributed by atoms with Gasteiger partial charge in [-0.15, -0.1) is 11.6 Å². The standard InChI is InChI=1S/C12H10Cl/c13-9-3-5-11-8-7-10-4-1-2-6-12(10)11/h1-3,5-8,11H,9H2/b5-3+. The van der Waals surface area contributed by atoms with Crippen molar-refractivity contribution in [2.75, 3.05) is 5.88 Å². The summed E-state index contributed by atoms with van der Waals surface area (Å²) in [4.78, 5) is 0. The lowest BCUT2D eigenvalue weighted by Gasteiger charge is -2.03. The number of rotatable bonds is 2. The fraction of sp³-hybridized carbons (Fsp3) is 0.167. The highest BCUT2D eigenvalue weighted by Gasteiger charge is 2.12. The SMILES string of the molecule is ClC/C=C/C1C=Cc2[c]cccc21. The first-order valence-electron chi connectivity index (χ1n) is 4.33. The molecule has 1 aliphatic carbocycles. The molecule has 0 N–H and O–H groups in total. The topological polar surface area (TPSA) is 0 Å². The van der Waals surface area contributed by atoms with Crippen LogP contribution in [0, 0.1) is 6.07 Å². The van der Waals surface area contributed by atoms with Crippen LogP contribution in [-0.2, 0) is 0 Å². The summed E-state index contributed by atoms with van der Waals surface area (Å²) >= 11 is 5.59. The van der Waals surface area contributed by atoms with E-state index in [2.05, 4.69) is 30.4 Å². The molecular formula is C12H10Cl. The van der Waals surface area contributed by atoms with Gasteiger partial charge in [0.25, 0.3) is 0 Å². The van der Waals surface area contributed by atoms with Gasteiger partial charge in [-0.25, -0.2) is 0 Å². The largest absolute Gasteiger partial charge is 0.122 e. The summed E-state index contributed by atoms with van der Waals surface area (Å²) < 4.78 is 0. The van der Waals surface area contributed by atoms with Gasteiger partial charge in [0.1, 0.15) is 0 Å². The maximum absolute atomic E-state index is 5.59. The van der Waals surface area contributed by atoms with Crippen LogP contribution in [0.3, 0.4) is 0 Å². The molecule has 0 heterocycles. The molecule has 0 spiro atoms. The third-order valence-electron chi connectivity index (χ3n) is 2.18. The van der Waals surface area contributed by atoms with E-state index in [9.17, 15) is 0 Å². The van der Waals surface area contributed by atoms with E-state index >= 15 is 0 Å². The number of hydrogen-bond acceptors (Lipinski definition) is 0. The van der Waals surface area contributed by atoms with Crippen LogP contribution < -0.4 is 0 Å². The van der Waals surface area contributed by atoms with E-state index < -0.39 is 0 Å². The van der Waals surface area contributed by atoms with E-state index in [4.69, 9.17) is 11.6 Å². The lowest BCUT2D eigenvalue weighted by Crippen LogP contribution is -1.88. The molecular weight excluding hydrogens is 180 g/mol. The molecule has 0 saturated carbocycles. The van der Waals surface area contributed by atoms with Crippen molar-refractivity contribution in [2.24, 2.45) is 0 Å². The molecule has 1 radical (unpaired) electrons. The molecule has 0 fully saturated rings. The van der Waals surface area contributed by atoms with Crippen molar-refractivity contribution >= 4 is 17.7 Å². The summed E-state index contributed by atoms with van der Waals surface area (Å²) in [5.74, 6) is 0.974. The first kappa shape index (κ1) is 8.58. The molecule has 0 amide bonds. The van der Waals surface area contributed by atoms with Crippen LogP contribution in [-0.4, -0.2) is 5.88 Å². The van der Waals surface area contributed by atoms with Gasteiger partial charge in [0, 0.05) is 11.8 Å². The molecule has 0 bridgehead atoms. The predicted octanol–water partition coefficient (Wildman–Crippen LogP) is 3.39. The van der Waals surface area contributed by atoms with Crippen molar-refractivity contribution in [1.29, 1.82) is 0 Å². The molecule has 0 saturated heterocycles. The van der Waals surface area contributed by atoms with E-state index in [1.54, 1.807) is 0 Å². The van der Waals surface area contributed by atoms with E-state index in [0.29, 0.717) is 11.8 Å². The third kappa shape index (κ3) is 1.68. The first-order valence-corrected chi connectivity index (χ1v) is 4.86. The van der Waals surface area contributed by atoms with E-state index in [1.807, 2.05) is 18.2 Å². The van der Waals surface area contributed by atoms with Gasteiger partial charge in [-0.05, 0) is 17.2 Å². The van der Waals surface area contributed by atoms with Gasteiger partial charge in [-0.1, -0.05) is 42.5 Å². The van der Waals surface area contributed by atoms with Gasteiger partial charge in [0.05, 0.1) is 0 Å². The Balaban J connectivity index is 2.28. The predicted molar refractivity (Wildman–Crippen MR) is 56.9 cm³/mol. The zero-order valence-corrected chi connectivity index (χ0v) is 7.96. The molecule has 1 heteroatoms. The average Bonchev–Trinajstić information content (AvgIpc) is 2.58. The number of fused-ring (bicyclic) bond motifs is 1. The van der Waals surface area contributed by atoms with Gasteiger partial charge in [0.15, 0.2) is 0 Å². The van der Waals surface area contributed by atoms with Gasteiger partial charge in [-0.2, -0.15) is 0 Å². The quantitative estimate of drug-likeness (QED) is 0.494. The molecule has 0 nitrogen and oxygen atoms in total. The van der Waals surface area contributed by atoms with Crippen LogP contribution in [0.15, 0.2) is 36.4 Å². The maximum Gasteiger partial charge on any atom is 0.0404 e. The summed E-state index contributed by atoms with van der Waals surface area (Å²) in [5, 5.41) is 0. The van der Waals surface area contributed by atoms with Crippen LogP contribution >= 0.6 is 11.6 Å². The second-order valence-electron chi connectivity index (χ2n) is 3.01. The minimum absolute atomic E-state index is 0.395. The fourth-order valence-corrected chi connectivity index (χ4v) is 1.67. The minimum atomic E-state index is 0.395. The Morgan fingerprint density at radius 3 is 3.31 bits per heavy atom. The number of allylic oxidation sites excluding steroid dienone is 3. The second-order valence-corrected chi connectivity index (χ2v) is 3.32. The fourth-order valence-electron chi connectivity index (χ4n) is 1.57. The Hall–Kier alpha value is -1.01. The maximum atomic E-state index is 5.59. The van der Waals surface area contributed by atoms with Crippen LogP contribution in [0.1, 0.15) is 17.0 Å². The number of benzene rings is 1. The van der Waals surface area contributed by atoms with Crippen LogP contribution in [0.25, 0.3) is 6.08 Å². The summed E-state index contributed by atoms with van der Waals surface area (Å²) in [7, 11) is 0. The highest BCUT2D eigenvalue weighted by Crippen LogP contribution is 2.30. The highest BCUT2D eigenvalue weighted by molar-refractivity contribution is 6.18. The normalized spacial score (nSPS) is 19.6. The van der Waals surface area contributed by atoms with Crippen molar-refractivity contribution in [3.63, 3.8) is 0 Å². The molecule has 0 aliphatic heterocycles. The molecule has 1 aromatic rings. The lowest BCUT2D eigenvalue weighted by atomic mass is 10.0. The van der Waals surface area contributed by atoms with Crippen LogP contribution in [0.2, 0.25) is 0 Å². The van der Waals surface area contributed by atoms with Crippen LogP contribution in [0.4, 0.5) is 0 Å². The number of hydrogen-bond donors (Lipinski definition) is 0. The zero-order valence-electron chi connectivity index (χ0n) is 7.20. The molecule has 1 aliphatic rings. The Morgan fingerprint density at radius 2 is 2.46 bits per heavy atom. The van der Waals surface area contributed by atoms with Gasteiger partial charge in [0.2, 0.25) is 0 Å². The average molecular weight is 190 g/mol. The molecule has 2 rings (SSSR count). The number of halogens is 1. The molecule has 1 unspecified atom stereocenters. The molecule has 0 aromatic heterocycles. The van der Waals surface area contributed by atoms with Gasteiger partial charge in [-0.3, -0.25) is 0 Å². The lowest BCUT2D eigenvalue weighted by molar-refractivity contribution is 1.11. The molecule has 13 heavy (non-hydrogen) atoms. The Morgan fingerprint density at radius 1 is 1.54 bits per heavy atom. The van der Waals surface area contributed by atoms with E-state index in [-0.39, 0.29) is 0 Å². The van der Waals surface area contributed by atoms with Crippen LogP contribution in [0.5, 0.6) is 0 Å². The van der Waals surface area contributed by atoms with Crippen molar-refractivity contribution in [2.45, 2.75) is 5.92 Å². The van der Waals surface area contributed by atoms with E-state index in [0.717, 1.165) is 0 Å². The second kappa shape index (κ2) is 3.80. The summed E-state index contributed by atoms with van der Waals surface area (Å²) in [5.41, 5.74) is 2.52. The van der Waals surface area contributed by atoms with Crippen molar-refractivity contribution in [3.05, 3.63) is 53.6 Å².